The van der Waals surface area contributed by atoms with Gasteiger partial charge in [-0.1, -0.05) is 30.3 Å². The van der Waals surface area contributed by atoms with E-state index in [-0.39, 0.29) is 30.6 Å². The Morgan fingerprint density at radius 3 is 2.50 bits per heavy atom. The quantitative estimate of drug-likeness (QED) is 0.670. The van der Waals surface area contributed by atoms with Crippen molar-refractivity contribution in [3.63, 3.8) is 0 Å². The summed E-state index contributed by atoms with van der Waals surface area (Å²) in [5.41, 5.74) is 6.43. The lowest BCUT2D eigenvalue weighted by Gasteiger charge is -2.06. The average molecular weight is 287 g/mol. The van der Waals surface area contributed by atoms with E-state index in [4.69, 9.17) is 11.1 Å². The molecule has 0 saturated carbocycles. The Kier molecular flexibility index (Phi) is 7.08. The summed E-state index contributed by atoms with van der Waals surface area (Å²) in [6.45, 7) is 0.694. The second-order valence-electron chi connectivity index (χ2n) is 3.59. The van der Waals surface area contributed by atoms with E-state index in [1.165, 1.54) is 0 Å². The summed E-state index contributed by atoms with van der Waals surface area (Å²) in [6.07, 6.45) is 4.23. The molecule has 0 unspecified atom stereocenters. The molecule has 0 aliphatic carbocycles. The minimum Gasteiger partial charge on any atom is -0.388 e. The molecule has 0 amide bonds. The molecule has 1 aromatic carbocycles. The first kappa shape index (κ1) is 16.5. The predicted octanol–water partition coefficient (Wildman–Crippen LogP) is 2.72. The molecule has 0 aliphatic heterocycles. The molecule has 4 nitrogen and oxygen atoms in total. The molecule has 2 aromatic rings. The number of amidine groups is 1. The third-order valence-electron chi connectivity index (χ3n) is 2.37. The second-order valence-corrected chi connectivity index (χ2v) is 3.59. The lowest BCUT2D eigenvalue weighted by Crippen LogP contribution is -2.13. The maximum absolute atomic E-state index is 7.22. The van der Waals surface area contributed by atoms with Gasteiger partial charge in [0.15, 0.2) is 0 Å². The molecule has 0 aliphatic rings. The number of nitrogens with one attached hydrogen (secondary N) is 1. The molecule has 0 fully saturated rings. The van der Waals surface area contributed by atoms with Gasteiger partial charge in [-0.25, -0.2) is 4.98 Å². The fourth-order valence-electron chi connectivity index (χ4n) is 1.58. The van der Waals surface area contributed by atoms with Crippen LogP contribution in [0, 0.1) is 5.41 Å². The Morgan fingerprint density at radius 2 is 1.89 bits per heavy atom. The van der Waals surface area contributed by atoms with E-state index in [0.717, 1.165) is 11.4 Å². The summed E-state index contributed by atoms with van der Waals surface area (Å²) < 4.78 is 2.01. The smallest absolute Gasteiger partial charge is 0.139 e. The van der Waals surface area contributed by atoms with Gasteiger partial charge in [0.05, 0.1) is 5.84 Å². The standard InChI is InChI=1S/C12H14N4.2ClH/c13-11(14)6-8-16-9-7-15-12(16)10-4-2-1-3-5-10;;/h1-5,7,9H,6,8H2,(H3,13,14);2*1H. The van der Waals surface area contributed by atoms with Gasteiger partial charge < -0.3 is 10.3 Å². The summed E-state index contributed by atoms with van der Waals surface area (Å²) in [5, 5.41) is 7.22. The number of hydrogen-bond acceptors (Lipinski definition) is 2. The van der Waals surface area contributed by atoms with E-state index in [1.54, 1.807) is 6.20 Å². The normalized spacial score (nSPS) is 9.11. The number of benzene rings is 1. The van der Waals surface area contributed by atoms with E-state index in [9.17, 15) is 0 Å². The number of aryl methyl sites for hydroxylation is 1. The second kappa shape index (κ2) is 7.74. The van der Waals surface area contributed by atoms with Gasteiger partial charge in [0.25, 0.3) is 0 Å². The number of imidazole rings is 1. The highest BCUT2D eigenvalue weighted by Gasteiger charge is 2.04. The highest BCUT2D eigenvalue weighted by atomic mass is 35.5. The molecule has 0 saturated heterocycles. The first-order valence-corrected chi connectivity index (χ1v) is 5.17. The Hall–Kier alpha value is -1.52. The number of aromatic nitrogens is 2. The molecule has 1 aromatic heterocycles. The summed E-state index contributed by atoms with van der Waals surface area (Å²) in [4.78, 5) is 4.32. The van der Waals surface area contributed by atoms with Crippen molar-refractivity contribution in [3.8, 4) is 11.4 Å². The Balaban J connectivity index is 0.00000144. The van der Waals surface area contributed by atoms with E-state index < -0.39 is 0 Å². The zero-order chi connectivity index (χ0) is 11.4. The van der Waals surface area contributed by atoms with Crippen molar-refractivity contribution in [1.82, 2.24) is 9.55 Å². The van der Waals surface area contributed by atoms with E-state index in [0.29, 0.717) is 13.0 Å². The molecular formula is C12H16Cl2N4. The monoisotopic (exact) mass is 286 g/mol. The third-order valence-corrected chi connectivity index (χ3v) is 2.37. The zero-order valence-electron chi connectivity index (χ0n) is 9.74. The highest BCUT2D eigenvalue weighted by Crippen LogP contribution is 2.16. The summed E-state index contributed by atoms with van der Waals surface area (Å²) >= 11 is 0. The van der Waals surface area contributed by atoms with Crippen molar-refractivity contribution in [1.29, 1.82) is 5.41 Å². The lowest BCUT2D eigenvalue weighted by atomic mass is 10.2. The van der Waals surface area contributed by atoms with Gasteiger partial charge in [-0.2, -0.15) is 0 Å². The molecule has 98 valence electrons. The van der Waals surface area contributed by atoms with E-state index in [1.807, 2.05) is 41.1 Å². The van der Waals surface area contributed by atoms with Gasteiger partial charge in [0, 0.05) is 30.9 Å². The van der Waals surface area contributed by atoms with Crippen molar-refractivity contribution in [2.24, 2.45) is 5.73 Å². The van der Waals surface area contributed by atoms with Crippen LogP contribution in [0.4, 0.5) is 0 Å². The van der Waals surface area contributed by atoms with Crippen molar-refractivity contribution in [2.75, 3.05) is 0 Å². The first-order chi connectivity index (χ1) is 7.77. The van der Waals surface area contributed by atoms with Crippen LogP contribution in [0.3, 0.4) is 0 Å². The van der Waals surface area contributed by atoms with Crippen molar-refractivity contribution in [3.05, 3.63) is 42.7 Å². The fraction of sp³-hybridized carbons (Fsp3) is 0.167. The number of halogens is 2. The van der Waals surface area contributed by atoms with Gasteiger partial charge in [-0.3, -0.25) is 5.41 Å². The molecule has 2 rings (SSSR count). The Labute approximate surface area is 119 Å². The third kappa shape index (κ3) is 4.05. The van der Waals surface area contributed by atoms with Crippen LogP contribution in [0.2, 0.25) is 0 Å². The minimum atomic E-state index is 0. The predicted molar refractivity (Wildman–Crippen MR) is 78.7 cm³/mol. The van der Waals surface area contributed by atoms with Gasteiger partial charge >= 0.3 is 0 Å². The highest BCUT2D eigenvalue weighted by molar-refractivity contribution is 5.85. The zero-order valence-corrected chi connectivity index (χ0v) is 11.4. The van der Waals surface area contributed by atoms with Crippen LogP contribution in [0.1, 0.15) is 6.42 Å². The fourth-order valence-corrected chi connectivity index (χ4v) is 1.58. The molecule has 0 radical (unpaired) electrons. The van der Waals surface area contributed by atoms with Crippen LogP contribution in [0.15, 0.2) is 42.7 Å². The van der Waals surface area contributed by atoms with Crippen molar-refractivity contribution < 1.29 is 0 Å². The summed E-state index contributed by atoms with van der Waals surface area (Å²) in [7, 11) is 0. The molecule has 0 atom stereocenters. The van der Waals surface area contributed by atoms with Crippen LogP contribution in [0.25, 0.3) is 11.4 Å². The molecule has 18 heavy (non-hydrogen) atoms. The topological polar surface area (TPSA) is 67.7 Å². The van der Waals surface area contributed by atoms with Crippen LogP contribution in [0.5, 0.6) is 0 Å². The first-order valence-electron chi connectivity index (χ1n) is 5.17. The Bertz CT molecular complexity index is 482. The van der Waals surface area contributed by atoms with Crippen molar-refractivity contribution in [2.45, 2.75) is 13.0 Å². The molecule has 0 bridgehead atoms. The number of hydrogen-bond donors (Lipinski definition) is 2. The average Bonchev–Trinajstić information content (AvgIpc) is 2.75. The van der Waals surface area contributed by atoms with Crippen LogP contribution >= 0.6 is 24.8 Å². The van der Waals surface area contributed by atoms with Crippen LogP contribution < -0.4 is 5.73 Å². The van der Waals surface area contributed by atoms with E-state index in [2.05, 4.69) is 4.98 Å². The number of nitrogens with two attached hydrogens (primary N) is 1. The minimum absolute atomic E-state index is 0. The molecule has 3 N–H and O–H groups in total. The lowest BCUT2D eigenvalue weighted by molar-refractivity contribution is 0.728. The van der Waals surface area contributed by atoms with Crippen LogP contribution in [-0.2, 0) is 6.54 Å². The maximum atomic E-state index is 7.22. The van der Waals surface area contributed by atoms with Crippen molar-refractivity contribution >= 4 is 30.6 Å². The van der Waals surface area contributed by atoms with Crippen LogP contribution in [-0.4, -0.2) is 15.4 Å². The van der Waals surface area contributed by atoms with Gasteiger partial charge in [-0.05, 0) is 0 Å². The summed E-state index contributed by atoms with van der Waals surface area (Å²) in [5.74, 6) is 1.12. The number of nitrogens with zero attached hydrogens (tertiary/aromatic N) is 2. The van der Waals surface area contributed by atoms with E-state index >= 15 is 0 Å². The number of rotatable bonds is 4. The van der Waals surface area contributed by atoms with Gasteiger partial charge in [-0.15, -0.1) is 24.8 Å². The molecule has 0 spiro atoms. The molecule has 1 heterocycles. The van der Waals surface area contributed by atoms with Gasteiger partial charge in [0.1, 0.15) is 5.82 Å². The molecule has 6 heteroatoms. The SMILES string of the molecule is Cl.Cl.N=C(N)CCn1ccnc1-c1ccccc1. The summed E-state index contributed by atoms with van der Waals surface area (Å²) in [6, 6.07) is 9.99. The molecular weight excluding hydrogens is 271 g/mol. The van der Waals surface area contributed by atoms with Gasteiger partial charge in [0.2, 0.25) is 0 Å². The largest absolute Gasteiger partial charge is 0.388 e. The Morgan fingerprint density at radius 1 is 1.22 bits per heavy atom. The maximum Gasteiger partial charge on any atom is 0.139 e.